The highest BCUT2D eigenvalue weighted by molar-refractivity contribution is 5.84. The molecule has 0 radical (unpaired) electrons. The molecule has 0 spiro atoms. The molecule has 1 aliphatic heterocycles. The Morgan fingerprint density at radius 1 is 1.13 bits per heavy atom. The second kappa shape index (κ2) is 8.81. The van der Waals surface area contributed by atoms with Gasteiger partial charge in [-0.2, -0.15) is 0 Å². The molecule has 2 aromatic heterocycles. The predicted molar refractivity (Wildman–Crippen MR) is 118 cm³/mol. The summed E-state index contributed by atoms with van der Waals surface area (Å²) in [7, 11) is 0. The van der Waals surface area contributed by atoms with Gasteiger partial charge in [-0.15, -0.1) is 0 Å². The summed E-state index contributed by atoms with van der Waals surface area (Å²) in [5, 5.41) is 3.14. The standard InChI is InChI=1S/C24H27N5O2/c1-24(2,3)28-23(30)22-20-14-25-9-8-21(20)31-11-10-29(22)15-17-6-4-5-7-19(17)18-12-26-16-27-13-18/h4-9,12-14,16,22H,10-11,15H2,1-3H3,(H,28,30). The fourth-order valence-electron chi connectivity index (χ4n) is 3.84. The molecule has 31 heavy (non-hydrogen) atoms. The first-order valence-corrected chi connectivity index (χ1v) is 10.4. The van der Waals surface area contributed by atoms with Gasteiger partial charge in [-0.1, -0.05) is 24.3 Å². The Bertz CT molecular complexity index is 1050. The van der Waals surface area contributed by atoms with Gasteiger partial charge in [-0.05, 0) is 38.0 Å². The van der Waals surface area contributed by atoms with Gasteiger partial charge in [0.15, 0.2) is 0 Å². The molecular weight excluding hydrogens is 390 g/mol. The predicted octanol–water partition coefficient (Wildman–Crippen LogP) is 3.39. The molecule has 4 rings (SSSR count). The van der Waals surface area contributed by atoms with Crippen LogP contribution >= 0.6 is 0 Å². The van der Waals surface area contributed by atoms with Gasteiger partial charge in [-0.25, -0.2) is 9.97 Å². The Balaban J connectivity index is 1.72. The summed E-state index contributed by atoms with van der Waals surface area (Å²) in [6.07, 6.45) is 8.56. The Morgan fingerprint density at radius 2 is 1.90 bits per heavy atom. The van der Waals surface area contributed by atoms with Gasteiger partial charge in [0.25, 0.3) is 0 Å². The van der Waals surface area contributed by atoms with E-state index in [0.29, 0.717) is 25.4 Å². The van der Waals surface area contributed by atoms with Gasteiger partial charge in [-0.3, -0.25) is 14.7 Å². The van der Waals surface area contributed by atoms with Gasteiger partial charge < -0.3 is 10.1 Å². The number of nitrogens with one attached hydrogen (secondary N) is 1. The number of ether oxygens (including phenoxy) is 1. The van der Waals surface area contributed by atoms with Crippen molar-refractivity contribution >= 4 is 5.91 Å². The smallest absolute Gasteiger partial charge is 0.242 e. The Labute approximate surface area is 182 Å². The lowest BCUT2D eigenvalue weighted by atomic mass is 9.99. The van der Waals surface area contributed by atoms with Crippen molar-refractivity contribution in [2.45, 2.75) is 38.9 Å². The number of amides is 1. The number of aromatic nitrogens is 3. The van der Waals surface area contributed by atoms with Crippen LogP contribution in [0.4, 0.5) is 0 Å². The van der Waals surface area contributed by atoms with Gasteiger partial charge in [0.05, 0.1) is 0 Å². The molecule has 0 aliphatic carbocycles. The van der Waals surface area contributed by atoms with Crippen molar-refractivity contribution in [3.05, 3.63) is 72.6 Å². The van der Waals surface area contributed by atoms with Crippen LogP contribution in [-0.4, -0.2) is 44.4 Å². The molecule has 1 amide bonds. The molecule has 0 bridgehead atoms. The molecule has 160 valence electrons. The summed E-state index contributed by atoms with van der Waals surface area (Å²) in [5.74, 6) is 0.643. The van der Waals surface area contributed by atoms with Crippen LogP contribution < -0.4 is 10.1 Å². The molecule has 7 heteroatoms. The van der Waals surface area contributed by atoms with Crippen molar-refractivity contribution in [2.24, 2.45) is 0 Å². The highest BCUT2D eigenvalue weighted by atomic mass is 16.5. The minimum atomic E-state index is -0.509. The van der Waals surface area contributed by atoms with Crippen molar-refractivity contribution in [1.29, 1.82) is 0 Å². The van der Waals surface area contributed by atoms with E-state index < -0.39 is 6.04 Å². The van der Waals surface area contributed by atoms with Crippen molar-refractivity contribution < 1.29 is 9.53 Å². The number of rotatable bonds is 4. The summed E-state index contributed by atoms with van der Waals surface area (Å²) in [5.41, 5.74) is 3.52. The van der Waals surface area contributed by atoms with Crippen LogP contribution in [0.3, 0.4) is 0 Å². The number of pyridine rings is 1. The van der Waals surface area contributed by atoms with Crippen molar-refractivity contribution in [3.63, 3.8) is 0 Å². The highest BCUT2D eigenvalue weighted by Gasteiger charge is 2.34. The molecule has 3 heterocycles. The van der Waals surface area contributed by atoms with Gasteiger partial charge in [0, 0.05) is 54.5 Å². The number of fused-ring (bicyclic) bond motifs is 1. The van der Waals surface area contributed by atoms with Gasteiger partial charge >= 0.3 is 0 Å². The zero-order chi connectivity index (χ0) is 21.8. The van der Waals surface area contributed by atoms with Crippen molar-refractivity contribution in [2.75, 3.05) is 13.2 Å². The maximum atomic E-state index is 13.4. The first-order valence-electron chi connectivity index (χ1n) is 10.4. The van der Waals surface area contributed by atoms with E-state index in [1.165, 1.54) is 6.33 Å². The largest absolute Gasteiger partial charge is 0.492 e. The third-order valence-corrected chi connectivity index (χ3v) is 5.11. The zero-order valence-corrected chi connectivity index (χ0v) is 18.1. The van der Waals surface area contributed by atoms with Crippen LogP contribution in [-0.2, 0) is 11.3 Å². The van der Waals surface area contributed by atoms with Crippen LogP contribution in [0.15, 0.2) is 61.4 Å². The van der Waals surface area contributed by atoms with Gasteiger partial charge in [0.1, 0.15) is 24.7 Å². The molecule has 0 saturated carbocycles. The molecular formula is C24H27N5O2. The van der Waals surface area contributed by atoms with E-state index in [4.69, 9.17) is 4.74 Å². The van der Waals surface area contributed by atoms with Crippen molar-refractivity contribution in [3.8, 4) is 16.9 Å². The lowest BCUT2D eigenvalue weighted by molar-refractivity contribution is -0.128. The summed E-state index contributed by atoms with van der Waals surface area (Å²) in [6, 6.07) is 9.46. The van der Waals surface area contributed by atoms with E-state index in [1.54, 1.807) is 24.8 Å². The third kappa shape index (κ3) is 4.88. The van der Waals surface area contributed by atoms with Crippen LogP contribution in [0.2, 0.25) is 0 Å². The first-order chi connectivity index (χ1) is 14.9. The molecule has 1 atom stereocenters. The minimum Gasteiger partial charge on any atom is -0.492 e. The van der Waals surface area contributed by atoms with E-state index in [1.807, 2.05) is 39.0 Å². The average molecular weight is 418 g/mol. The fourth-order valence-corrected chi connectivity index (χ4v) is 3.84. The average Bonchev–Trinajstić information content (AvgIpc) is 2.92. The maximum Gasteiger partial charge on any atom is 0.242 e. The Hall–Kier alpha value is -3.32. The van der Waals surface area contributed by atoms with E-state index in [-0.39, 0.29) is 11.4 Å². The monoisotopic (exact) mass is 417 g/mol. The molecule has 1 unspecified atom stereocenters. The normalized spacial score (nSPS) is 16.7. The number of hydrogen-bond acceptors (Lipinski definition) is 6. The highest BCUT2D eigenvalue weighted by Crippen LogP contribution is 2.34. The Morgan fingerprint density at radius 3 is 2.68 bits per heavy atom. The van der Waals surface area contributed by atoms with Crippen LogP contribution in [0, 0.1) is 0 Å². The number of carbonyl (C=O) groups is 1. The van der Waals surface area contributed by atoms with Crippen molar-refractivity contribution in [1.82, 2.24) is 25.2 Å². The quantitative estimate of drug-likeness (QED) is 0.701. The molecule has 0 fully saturated rings. The number of nitrogens with zero attached hydrogens (tertiary/aromatic N) is 4. The van der Waals surface area contributed by atoms with Crippen LogP contribution in [0.1, 0.15) is 37.9 Å². The van der Waals surface area contributed by atoms with E-state index in [2.05, 4.69) is 37.3 Å². The molecule has 3 aromatic rings. The lowest BCUT2D eigenvalue weighted by Crippen LogP contribution is -2.47. The number of hydrogen-bond donors (Lipinski definition) is 1. The zero-order valence-electron chi connectivity index (χ0n) is 18.1. The van der Waals surface area contributed by atoms with E-state index in [0.717, 1.165) is 22.3 Å². The third-order valence-electron chi connectivity index (χ3n) is 5.11. The molecule has 1 aliphatic rings. The molecule has 1 aromatic carbocycles. The second-order valence-electron chi connectivity index (χ2n) is 8.66. The molecule has 7 nitrogen and oxygen atoms in total. The summed E-state index contributed by atoms with van der Waals surface area (Å²) in [4.78, 5) is 28.2. The summed E-state index contributed by atoms with van der Waals surface area (Å²) >= 11 is 0. The Kier molecular flexibility index (Phi) is 5.95. The number of benzene rings is 1. The fraction of sp³-hybridized carbons (Fsp3) is 0.333. The number of carbonyl (C=O) groups excluding carboxylic acids is 1. The molecule has 1 N–H and O–H groups in total. The van der Waals surface area contributed by atoms with Gasteiger partial charge in [0.2, 0.25) is 5.91 Å². The lowest BCUT2D eigenvalue weighted by Gasteiger charge is -2.32. The summed E-state index contributed by atoms with van der Waals surface area (Å²) < 4.78 is 5.96. The minimum absolute atomic E-state index is 0.0622. The van der Waals surface area contributed by atoms with Crippen LogP contribution in [0.25, 0.3) is 11.1 Å². The maximum absolute atomic E-state index is 13.4. The van der Waals surface area contributed by atoms with Crippen LogP contribution in [0.5, 0.6) is 5.75 Å². The SMILES string of the molecule is CC(C)(C)NC(=O)C1c2cnccc2OCCN1Cc1ccccc1-c1cncnc1. The molecule has 0 saturated heterocycles. The summed E-state index contributed by atoms with van der Waals surface area (Å²) in [6.45, 7) is 7.63. The second-order valence-corrected chi connectivity index (χ2v) is 8.66. The first kappa shape index (κ1) is 20.9. The topological polar surface area (TPSA) is 80.2 Å². The van der Waals surface area contributed by atoms with E-state index in [9.17, 15) is 4.79 Å². The van der Waals surface area contributed by atoms with E-state index >= 15 is 0 Å².